The Hall–Kier alpha value is -1.79. The van der Waals surface area contributed by atoms with Crippen molar-refractivity contribution in [3.05, 3.63) is 58.2 Å². The molecule has 0 spiro atoms. The third-order valence-electron chi connectivity index (χ3n) is 2.82. The highest BCUT2D eigenvalue weighted by atomic mass is 35.5. The summed E-state index contributed by atoms with van der Waals surface area (Å²) in [6.07, 6.45) is -3.08. The number of aromatic nitrogens is 1. The van der Waals surface area contributed by atoms with Gasteiger partial charge in [0.1, 0.15) is 5.82 Å². The first-order valence-electron chi connectivity index (χ1n) is 5.62. The van der Waals surface area contributed by atoms with E-state index in [0.29, 0.717) is 10.6 Å². The van der Waals surface area contributed by atoms with Gasteiger partial charge in [0.15, 0.2) is 0 Å². The normalized spacial score (nSPS) is 13.2. The van der Waals surface area contributed by atoms with Gasteiger partial charge in [-0.3, -0.25) is 0 Å². The van der Waals surface area contributed by atoms with Crippen molar-refractivity contribution in [3.63, 3.8) is 0 Å². The van der Waals surface area contributed by atoms with E-state index in [1.807, 2.05) is 0 Å². The number of pyridine rings is 1. The Morgan fingerprint density at radius 3 is 2.55 bits per heavy atom. The molecular weight excluding hydrogens is 291 g/mol. The molecule has 0 radical (unpaired) electrons. The zero-order valence-corrected chi connectivity index (χ0v) is 10.9. The van der Waals surface area contributed by atoms with Crippen molar-refractivity contribution in [3.8, 4) is 0 Å². The van der Waals surface area contributed by atoms with E-state index in [9.17, 15) is 13.2 Å². The zero-order chi connectivity index (χ0) is 14.9. The van der Waals surface area contributed by atoms with Gasteiger partial charge in [0.05, 0.1) is 16.6 Å². The summed E-state index contributed by atoms with van der Waals surface area (Å²) in [7, 11) is 0. The first-order chi connectivity index (χ1) is 9.29. The van der Waals surface area contributed by atoms with Crippen molar-refractivity contribution in [1.29, 1.82) is 0 Å². The molecule has 1 aromatic carbocycles. The van der Waals surface area contributed by atoms with Crippen LogP contribution in [-0.2, 0) is 6.18 Å². The van der Waals surface area contributed by atoms with E-state index >= 15 is 0 Å². The lowest BCUT2D eigenvalue weighted by Gasteiger charge is -2.16. The van der Waals surface area contributed by atoms with E-state index in [1.165, 1.54) is 24.4 Å². The van der Waals surface area contributed by atoms with Gasteiger partial charge in [-0.2, -0.15) is 13.2 Å². The fourth-order valence-electron chi connectivity index (χ4n) is 1.80. The second-order valence-electron chi connectivity index (χ2n) is 4.23. The monoisotopic (exact) mass is 301 g/mol. The van der Waals surface area contributed by atoms with Crippen molar-refractivity contribution < 1.29 is 13.2 Å². The first kappa shape index (κ1) is 14.6. The van der Waals surface area contributed by atoms with Gasteiger partial charge in [0.25, 0.3) is 0 Å². The van der Waals surface area contributed by atoms with E-state index in [4.69, 9.17) is 23.1 Å². The predicted molar refractivity (Wildman–Crippen MR) is 71.1 cm³/mol. The van der Waals surface area contributed by atoms with E-state index < -0.39 is 17.8 Å². The number of hydrogen-bond donors (Lipinski definition) is 2. The highest BCUT2D eigenvalue weighted by molar-refractivity contribution is 6.30. The first-order valence-corrected chi connectivity index (χ1v) is 6.00. The van der Waals surface area contributed by atoms with Gasteiger partial charge in [-0.25, -0.2) is 4.98 Å². The molecule has 1 heterocycles. The minimum absolute atomic E-state index is 0.138. The summed E-state index contributed by atoms with van der Waals surface area (Å²) in [4.78, 5) is 3.84. The van der Waals surface area contributed by atoms with E-state index in [1.54, 1.807) is 0 Å². The molecule has 0 aliphatic rings. The molecule has 0 bridgehead atoms. The summed E-state index contributed by atoms with van der Waals surface area (Å²) in [6.45, 7) is 0. The Morgan fingerprint density at radius 1 is 1.20 bits per heavy atom. The highest BCUT2D eigenvalue weighted by Gasteiger charge is 2.31. The van der Waals surface area contributed by atoms with Crippen molar-refractivity contribution in [2.24, 2.45) is 5.73 Å². The minimum atomic E-state index is -4.42. The minimum Gasteiger partial charge on any atom is -0.383 e. The molecule has 2 rings (SSSR count). The Bertz CT molecular complexity index is 628. The summed E-state index contributed by atoms with van der Waals surface area (Å²) in [5.41, 5.74) is 11.5. The van der Waals surface area contributed by atoms with E-state index in [2.05, 4.69) is 4.98 Å². The molecule has 0 fully saturated rings. The molecule has 0 saturated heterocycles. The quantitative estimate of drug-likeness (QED) is 0.893. The van der Waals surface area contributed by atoms with Crippen LogP contribution >= 0.6 is 11.6 Å². The van der Waals surface area contributed by atoms with Crippen LogP contribution in [0.1, 0.15) is 22.7 Å². The van der Waals surface area contributed by atoms with E-state index in [-0.39, 0.29) is 11.4 Å². The molecule has 4 N–H and O–H groups in total. The fourth-order valence-corrected chi connectivity index (χ4v) is 1.97. The Balaban J connectivity index is 2.43. The molecule has 0 amide bonds. The molecule has 106 valence electrons. The number of nitrogens with zero attached hydrogens (tertiary/aromatic N) is 1. The predicted octanol–water partition coefficient (Wildman–Crippen LogP) is 3.38. The van der Waals surface area contributed by atoms with Crippen molar-refractivity contribution >= 4 is 17.4 Å². The van der Waals surface area contributed by atoms with Crippen molar-refractivity contribution in [2.45, 2.75) is 12.2 Å². The summed E-state index contributed by atoms with van der Waals surface area (Å²) < 4.78 is 38.0. The summed E-state index contributed by atoms with van der Waals surface area (Å²) >= 11 is 5.80. The van der Waals surface area contributed by atoms with Crippen LogP contribution in [0.4, 0.5) is 19.0 Å². The van der Waals surface area contributed by atoms with Gasteiger partial charge in [-0.1, -0.05) is 23.7 Å². The Kier molecular flexibility index (Phi) is 3.87. The van der Waals surface area contributed by atoms with Gasteiger partial charge in [0, 0.05) is 11.8 Å². The number of nitrogen functional groups attached to an aromatic ring is 1. The molecule has 1 aromatic heterocycles. The molecule has 20 heavy (non-hydrogen) atoms. The van der Waals surface area contributed by atoms with Gasteiger partial charge in [-0.15, -0.1) is 0 Å². The number of rotatable bonds is 2. The molecule has 0 saturated carbocycles. The van der Waals surface area contributed by atoms with Crippen LogP contribution in [-0.4, -0.2) is 4.98 Å². The number of anilines is 1. The maximum absolute atomic E-state index is 12.7. The van der Waals surface area contributed by atoms with Gasteiger partial charge >= 0.3 is 6.18 Å². The van der Waals surface area contributed by atoms with Crippen molar-refractivity contribution in [2.75, 3.05) is 5.73 Å². The molecule has 1 atom stereocenters. The average molecular weight is 302 g/mol. The number of nitrogens with two attached hydrogens (primary N) is 2. The van der Waals surface area contributed by atoms with Crippen LogP contribution in [0.3, 0.4) is 0 Å². The number of benzene rings is 1. The second kappa shape index (κ2) is 5.30. The van der Waals surface area contributed by atoms with Crippen LogP contribution in [0.25, 0.3) is 0 Å². The SMILES string of the molecule is Nc1ncc(Cl)cc1C(N)c1cccc(C(F)(F)F)c1. The molecule has 7 heteroatoms. The largest absolute Gasteiger partial charge is 0.416 e. The molecular formula is C13H11ClF3N3. The molecule has 3 nitrogen and oxygen atoms in total. The third kappa shape index (κ3) is 3.02. The maximum atomic E-state index is 12.7. The standard InChI is InChI=1S/C13H11ClF3N3/c14-9-5-10(12(19)20-6-9)11(18)7-2-1-3-8(4-7)13(15,16)17/h1-6,11H,18H2,(H2,19,20). The molecule has 2 aromatic rings. The lowest BCUT2D eigenvalue weighted by atomic mass is 9.98. The molecule has 1 unspecified atom stereocenters. The summed E-state index contributed by atoms with van der Waals surface area (Å²) in [5, 5.41) is 0.316. The van der Waals surface area contributed by atoms with Gasteiger partial charge in [0.2, 0.25) is 0 Å². The second-order valence-corrected chi connectivity index (χ2v) is 4.67. The highest BCUT2D eigenvalue weighted by Crippen LogP contribution is 2.32. The maximum Gasteiger partial charge on any atom is 0.416 e. The Labute approximate surface area is 118 Å². The average Bonchev–Trinajstić information content (AvgIpc) is 2.40. The van der Waals surface area contributed by atoms with Crippen LogP contribution in [0.5, 0.6) is 0 Å². The topological polar surface area (TPSA) is 64.9 Å². The number of halogens is 4. The Morgan fingerprint density at radius 2 is 1.90 bits per heavy atom. The van der Waals surface area contributed by atoms with Gasteiger partial charge in [-0.05, 0) is 23.8 Å². The van der Waals surface area contributed by atoms with Gasteiger partial charge < -0.3 is 11.5 Å². The lowest BCUT2D eigenvalue weighted by Crippen LogP contribution is -2.16. The van der Waals surface area contributed by atoms with Crippen LogP contribution in [0.2, 0.25) is 5.02 Å². The van der Waals surface area contributed by atoms with Crippen LogP contribution < -0.4 is 11.5 Å². The van der Waals surface area contributed by atoms with Crippen LogP contribution in [0, 0.1) is 0 Å². The van der Waals surface area contributed by atoms with Crippen LogP contribution in [0.15, 0.2) is 36.5 Å². The number of hydrogen-bond acceptors (Lipinski definition) is 3. The molecule has 0 aliphatic carbocycles. The van der Waals surface area contributed by atoms with E-state index in [0.717, 1.165) is 12.1 Å². The summed E-state index contributed by atoms with van der Waals surface area (Å²) in [6, 6.07) is 5.44. The lowest BCUT2D eigenvalue weighted by molar-refractivity contribution is -0.137. The van der Waals surface area contributed by atoms with Crippen molar-refractivity contribution in [1.82, 2.24) is 4.98 Å². The molecule has 0 aliphatic heterocycles. The summed E-state index contributed by atoms with van der Waals surface area (Å²) in [5.74, 6) is 0.138. The fraction of sp³-hybridized carbons (Fsp3) is 0.154. The number of alkyl halides is 3. The third-order valence-corrected chi connectivity index (χ3v) is 3.03. The smallest absolute Gasteiger partial charge is 0.383 e. The zero-order valence-electron chi connectivity index (χ0n) is 10.2.